The quantitative estimate of drug-likeness (QED) is 0.568. The second-order valence-corrected chi connectivity index (χ2v) is 2.80. The summed E-state index contributed by atoms with van der Waals surface area (Å²) >= 11 is 5.78. The number of benzene rings is 1. The molecule has 0 aliphatic carbocycles. The van der Waals surface area contributed by atoms with E-state index in [1.807, 2.05) is 0 Å². The highest BCUT2D eigenvalue weighted by molar-refractivity contribution is 6.34. The molecular weight excluding hydrogens is 190 g/mol. The predicted octanol–water partition coefficient (Wildman–Crippen LogP) is 2.41. The molecule has 0 radical (unpaired) electrons. The third-order valence-corrected chi connectivity index (χ3v) is 1.82. The molecule has 0 spiro atoms. The molecule has 2 N–H and O–H groups in total. The smallest absolute Gasteiger partial charge is 0.218 e. The lowest BCUT2D eigenvalue weighted by Crippen LogP contribution is -2.05. The summed E-state index contributed by atoms with van der Waals surface area (Å²) in [4.78, 5) is 0. The fourth-order valence-corrected chi connectivity index (χ4v) is 1.21. The van der Waals surface area contributed by atoms with Crippen LogP contribution in [0.2, 0.25) is 5.02 Å². The van der Waals surface area contributed by atoms with Crippen molar-refractivity contribution in [2.75, 3.05) is 6.61 Å². The average molecular weight is 200 g/mol. The van der Waals surface area contributed by atoms with Crippen LogP contribution in [0, 0.1) is 5.41 Å². The van der Waals surface area contributed by atoms with Crippen LogP contribution in [0.3, 0.4) is 0 Å². The SMILES string of the molecule is CCOC(=N)c1c(O)cccc1Cl. The van der Waals surface area contributed by atoms with Crippen molar-refractivity contribution in [2.45, 2.75) is 6.92 Å². The number of phenolic OH excluding ortho intramolecular Hbond substituents is 1. The summed E-state index contributed by atoms with van der Waals surface area (Å²) in [7, 11) is 0. The first-order valence-corrected chi connectivity index (χ1v) is 4.23. The van der Waals surface area contributed by atoms with Gasteiger partial charge in [-0.25, -0.2) is 0 Å². The Kier molecular flexibility index (Phi) is 3.14. The molecule has 0 unspecified atom stereocenters. The fourth-order valence-electron chi connectivity index (χ4n) is 0.954. The van der Waals surface area contributed by atoms with E-state index < -0.39 is 0 Å². The lowest BCUT2D eigenvalue weighted by molar-refractivity contribution is 0.324. The second-order valence-electron chi connectivity index (χ2n) is 2.40. The predicted molar refractivity (Wildman–Crippen MR) is 51.6 cm³/mol. The summed E-state index contributed by atoms with van der Waals surface area (Å²) in [6.07, 6.45) is 0. The van der Waals surface area contributed by atoms with Gasteiger partial charge in [-0.05, 0) is 19.1 Å². The number of hydrogen-bond donors (Lipinski definition) is 2. The lowest BCUT2D eigenvalue weighted by atomic mass is 10.2. The number of rotatable bonds is 2. The van der Waals surface area contributed by atoms with E-state index in [1.165, 1.54) is 6.07 Å². The standard InChI is InChI=1S/C9H10ClNO2/c1-2-13-9(11)8-6(10)4-3-5-7(8)12/h3-5,11-12H,2H2,1H3. The van der Waals surface area contributed by atoms with Crippen molar-refractivity contribution in [3.05, 3.63) is 28.8 Å². The van der Waals surface area contributed by atoms with Crippen LogP contribution >= 0.6 is 11.6 Å². The topological polar surface area (TPSA) is 53.3 Å². The van der Waals surface area contributed by atoms with E-state index in [9.17, 15) is 5.11 Å². The van der Waals surface area contributed by atoms with Gasteiger partial charge in [-0.3, -0.25) is 5.41 Å². The Balaban J connectivity index is 3.05. The molecule has 0 aliphatic rings. The van der Waals surface area contributed by atoms with Gasteiger partial charge in [0.05, 0.1) is 17.2 Å². The van der Waals surface area contributed by atoms with Gasteiger partial charge in [0.2, 0.25) is 5.90 Å². The molecule has 4 heteroatoms. The van der Waals surface area contributed by atoms with Crippen LogP contribution in [0.5, 0.6) is 5.75 Å². The van der Waals surface area contributed by atoms with E-state index >= 15 is 0 Å². The van der Waals surface area contributed by atoms with Crippen LogP contribution < -0.4 is 0 Å². The second kappa shape index (κ2) is 4.14. The van der Waals surface area contributed by atoms with Gasteiger partial charge in [0.1, 0.15) is 5.75 Å². The summed E-state index contributed by atoms with van der Waals surface area (Å²) in [5, 5.41) is 17.1. The summed E-state index contributed by atoms with van der Waals surface area (Å²) in [6.45, 7) is 2.14. The molecule has 0 heterocycles. The Hall–Kier alpha value is -1.22. The van der Waals surface area contributed by atoms with Gasteiger partial charge in [-0.15, -0.1) is 0 Å². The highest BCUT2D eigenvalue weighted by atomic mass is 35.5. The van der Waals surface area contributed by atoms with E-state index in [0.717, 1.165) is 0 Å². The van der Waals surface area contributed by atoms with Gasteiger partial charge in [0.15, 0.2) is 0 Å². The third kappa shape index (κ3) is 2.12. The average Bonchev–Trinajstić information content (AvgIpc) is 2.04. The Morgan fingerprint density at radius 3 is 2.85 bits per heavy atom. The minimum Gasteiger partial charge on any atom is -0.507 e. The molecule has 1 rings (SSSR count). The van der Waals surface area contributed by atoms with Crippen molar-refractivity contribution in [1.29, 1.82) is 5.41 Å². The Morgan fingerprint density at radius 2 is 2.31 bits per heavy atom. The molecule has 70 valence electrons. The molecule has 0 bridgehead atoms. The molecule has 0 atom stereocenters. The number of hydrogen-bond acceptors (Lipinski definition) is 3. The van der Waals surface area contributed by atoms with Crippen LogP contribution in [-0.4, -0.2) is 17.6 Å². The van der Waals surface area contributed by atoms with Crippen molar-refractivity contribution in [3.8, 4) is 5.75 Å². The van der Waals surface area contributed by atoms with Crippen molar-refractivity contribution in [3.63, 3.8) is 0 Å². The maximum Gasteiger partial charge on any atom is 0.218 e. The molecule has 0 saturated carbocycles. The molecule has 0 saturated heterocycles. The zero-order chi connectivity index (χ0) is 9.84. The van der Waals surface area contributed by atoms with Crippen LogP contribution in [0.4, 0.5) is 0 Å². The Morgan fingerprint density at radius 1 is 1.62 bits per heavy atom. The fraction of sp³-hybridized carbons (Fsp3) is 0.222. The highest BCUT2D eigenvalue weighted by Crippen LogP contribution is 2.25. The van der Waals surface area contributed by atoms with Gasteiger partial charge < -0.3 is 9.84 Å². The van der Waals surface area contributed by atoms with Crippen LogP contribution in [0.15, 0.2) is 18.2 Å². The van der Waals surface area contributed by atoms with Gasteiger partial charge in [0.25, 0.3) is 0 Å². The van der Waals surface area contributed by atoms with Gasteiger partial charge in [0, 0.05) is 0 Å². The molecule has 1 aromatic rings. The van der Waals surface area contributed by atoms with Gasteiger partial charge in [-0.1, -0.05) is 17.7 Å². The van der Waals surface area contributed by atoms with Crippen LogP contribution in [0.25, 0.3) is 0 Å². The van der Waals surface area contributed by atoms with Crippen LogP contribution in [-0.2, 0) is 4.74 Å². The lowest BCUT2D eigenvalue weighted by Gasteiger charge is -2.08. The van der Waals surface area contributed by atoms with Gasteiger partial charge >= 0.3 is 0 Å². The zero-order valence-electron chi connectivity index (χ0n) is 7.17. The first kappa shape index (κ1) is 9.86. The van der Waals surface area contributed by atoms with Gasteiger partial charge in [-0.2, -0.15) is 0 Å². The number of phenols is 1. The number of ether oxygens (including phenoxy) is 1. The molecule has 0 aliphatic heterocycles. The molecule has 0 aromatic heterocycles. The third-order valence-electron chi connectivity index (χ3n) is 1.51. The summed E-state index contributed by atoms with van der Waals surface area (Å²) in [5.41, 5.74) is 0.242. The van der Waals surface area contributed by atoms with Crippen molar-refractivity contribution < 1.29 is 9.84 Å². The molecule has 1 aromatic carbocycles. The van der Waals surface area contributed by atoms with E-state index in [2.05, 4.69) is 0 Å². The monoisotopic (exact) mass is 199 g/mol. The normalized spacial score (nSPS) is 9.69. The highest BCUT2D eigenvalue weighted by Gasteiger charge is 2.11. The first-order valence-electron chi connectivity index (χ1n) is 3.86. The zero-order valence-corrected chi connectivity index (χ0v) is 7.93. The maximum absolute atomic E-state index is 9.38. The van der Waals surface area contributed by atoms with Crippen LogP contribution in [0.1, 0.15) is 12.5 Å². The van der Waals surface area contributed by atoms with Crippen molar-refractivity contribution in [1.82, 2.24) is 0 Å². The van der Waals surface area contributed by atoms with E-state index in [0.29, 0.717) is 11.6 Å². The Bertz CT molecular complexity index is 305. The van der Waals surface area contributed by atoms with E-state index in [4.69, 9.17) is 21.7 Å². The first-order chi connectivity index (χ1) is 6.16. The summed E-state index contributed by atoms with van der Waals surface area (Å²) in [5.74, 6) is -0.142. The number of nitrogens with one attached hydrogen (secondary N) is 1. The minimum atomic E-state index is -0.106. The number of aromatic hydroxyl groups is 1. The molecule has 0 amide bonds. The minimum absolute atomic E-state index is 0.0362. The van der Waals surface area contributed by atoms with Crippen molar-refractivity contribution in [2.24, 2.45) is 0 Å². The maximum atomic E-state index is 9.38. The molecule has 13 heavy (non-hydrogen) atoms. The summed E-state index contributed by atoms with van der Waals surface area (Å²) in [6, 6.07) is 4.68. The number of halogens is 1. The summed E-state index contributed by atoms with van der Waals surface area (Å²) < 4.78 is 4.93. The largest absolute Gasteiger partial charge is 0.507 e. The molecular formula is C9H10ClNO2. The van der Waals surface area contributed by atoms with E-state index in [1.54, 1.807) is 19.1 Å². The molecule has 0 fully saturated rings. The molecule has 3 nitrogen and oxygen atoms in total. The van der Waals surface area contributed by atoms with E-state index in [-0.39, 0.29) is 17.2 Å². The van der Waals surface area contributed by atoms with Crippen molar-refractivity contribution >= 4 is 17.5 Å². The Labute approximate surface area is 81.4 Å².